The number of hydrogen-bond donors (Lipinski definition) is 2. The molecule has 9 nitrogen and oxygen atoms in total. The Morgan fingerprint density at radius 2 is 1.91 bits per heavy atom. The van der Waals surface area contributed by atoms with E-state index in [-0.39, 0.29) is 24.1 Å². The minimum atomic E-state index is -0.465. The van der Waals surface area contributed by atoms with Gasteiger partial charge in [0.05, 0.1) is 6.54 Å². The van der Waals surface area contributed by atoms with E-state index in [4.69, 9.17) is 0 Å². The van der Waals surface area contributed by atoms with Crippen molar-refractivity contribution < 1.29 is 14.4 Å². The largest absolute Gasteiger partial charge is 0.353 e. The predicted octanol–water partition coefficient (Wildman–Crippen LogP) is 1.43. The van der Waals surface area contributed by atoms with Gasteiger partial charge in [-0.2, -0.15) is 5.10 Å². The van der Waals surface area contributed by atoms with Gasteiger partial charge in [0.2, 0.25) is 5.91 Å². The smallest absolute Gasteiger partial charge is 0.272 e. The van der Waals surface area contributed by atoms with Crippen molar-refractivity contribution >= 4 is 17.7 Å². The molecule has 0 bridgehead atoms. The van der Waals surface area contributed by atoms with Gasteiger partial charge in [-0.25, -0.2) is 0 Å². The van der Waals surface area contributed by atoms with E-state index in [9.17, 15) is 14.4 Å². The molecule has 2 aromatic rings. The van der Waals surface area contributed by atoms with E-state index >= 15 is 0 Å². The summed E-state index contributed by atoms with van der Waals surface area (Å²) in [6.45, 7) is 10.9. The first kappa shape index (κ1) is 24.4. The summed E-state index contributed by atoms with van der Waals surface area (Å²) >= 11 is 0. The molecule has 33 heavy (non-hydrogen) atoms. The molecule has 1 aromatic carbocycles. The lowest BCUT2D eigenvalue weighted by Crippen LogP contribution is -2.40. The Morgan fingerprint density at radius 1 is 1.12 bits per heavy atom. The molecule has 0 unspecified atom stereocenters. The Morgan fingerprint density at radius 3 is 2.64 bits per heavy atom. The van der Waals surface area contributed by atoms with E-state index in [1.807, 2.05) is 25.1 Å². The zero-order valence-corrected chi connectivity index (χ0v) is 19.8. The quantitative estimate of drug-likeness (QED) is 0.566. The number of aryl methyl sites for hydroxylation is 2. The van der Waals surface area contributed by atoms with Gasteiger partial charge in [0.25, 0.3) is 11.8 Å². The van der Waals surface area contributed by atoms with Crippen LogP contribution in [0.1, 0.15) is 52.4 Å². The molecular weight excluding hydrogens is 420 g/mol. The molecule has 3 rings (SSSR count). The molecule has 2 heterocycles. The zero-order valence-electron chi connectivity index (χ0n) is 19.8. The maximum atomic E-state index is 13.1. The predicted molar refractivity (Wildman–Crippen MR) is 126 cm³/mol. The second-order valence-electron chi connectivity index (χ2n) is 8.27. The molecule has 1 aliphatic heterocycles. The molecule has 0 radical (unpaired) electrons. The number of rotatable bonds is 10. The molecule has 0 saturated carbocycles. The van der Waals surface area contributed by atoms with Crippen LogP contribution in [-0.4, -0.2) is 76.6 Å². The molecule has 0 fully saturated rings. The maximum Gasteiger partial charge on any atom is 0.272 e. The van der Waals surface area contributed by atoms with Crippen LogP contribution in [0, 0.1) is 6.92 Å². The van der Waals surface area contributed by atoms with Crippen molar-refractivity contribution in [3.8, 4) is 0 Å². The third-order valence-electron chi connectivity index (χ3n) is 5.83. The first-order chi connectivity index (χ1) is 15.9. The standard InChI is InChI=1S/C24H34N6O3/c1-4-28(5-2)13-10-25-22(31)16-26-23(32)20-15-21-24(33)29(11-7-12-30(21)27-20)17-19-9-6-8-18(3)14-19/h6,8-9,14-15H,4-5,7,10-13,16-17H2,1-3H3,(H,25,31)(H,26,32). The number of aromatic nitrogens is 2. The van der Waals surface area contributed by atoms with Crippen LogP contribution < -0.4 is 10.6 Å². The summed E-state index contributed by atoms with van der Waals surface area (Å²) in [6, 6.07) is 9.61. The maximum absolute atomic E-state index is 13.1. The minimum absolute atomic E-state index is 0.132. The van der Waals surface area contributed by atoms with E-state index < -0.39 is 5.91 Å². The Kier molecular flexibility index (Phi) is 8.59. The number of amides is 3. The SMILES string of the molecule is CCN(CC)CCNC(=O)CNC(=O)c1cc2n(n1)CCCN(Cc1cccc(C)c1)C2=O. The Hall–Kier alpha value is -3.20. The number of fused-ring (bicyclic) bond motifs is 1. The number of likely N-dealkylation sites (N-methyl/N-ethyl adjacent to an activating group) is 1. The van der Waals surface area contributed by atoms with Gasteiger partial charge in [-0.05, 0) is 32.0 Å². The lowest BCUT2D eigenvalue weighted by molar-refractivity contribution is -0.120. The van der Waals surface area contributed by atoms with Crippen molar-refractivity contribution in [3.63, 3.8) is 0 Å². The highest BCUT2D eigenvalue weighted by molar-refractivity contribution is 5.99. The lowest BCUT2D eigenvalue weighted by atomic mass is 10.1. The van der Waals surface area contributed by atoms with E-state index in [1.165, 1.54) is 6.07 Å². The van der Waals surface area contributed by atoms with Gasteiger partial charge in [-0.15, -0.1) is 0 Å². The molecule has 9 heteroatoms. The monoisotopic (exact) mass is 454 g/mol. The molecule has 0 atom stereocenters. The average Bonchev–Trinajstić information content (AvgIpc) is 3.17. The topological polar surface area (TPSA) is 99.6 Å². The fourth-order valence-electron chi connectivity index (χ4n) is 3.93. The van der Waals surface area contributed by atoms with Crippen molar-refractivity contribution in [1.82, 2.24) is 30.2 Å². The highest BCUT2D eigenvalue weighted by atomic mass is 16.2. The number of nitrogens with one attached hydrogen (secondary N) is 2. The van der Waals surface area contributed by atoms with Crippen molar-refractivity contribution in [2.75, 3.05) is 39.3 Å². The van der Waals surface area contributed by atoms with Crippen molar-refractivity contribution in [1.29, 1.82) is 0 Å². The average molecular weight is 455 g/mol. The van der Waals surface area contributed by atoms with Crippen LogP contribution in [0.25, 0.3) is 0 Å². The fraction of sp³-hybridized carbons (Fsp3) is 0.500. The van der Waals surface area contributed by atoms with Gasteiger partial charge >= 0.3 is 0 Å². The Labute approximate surface area is 195 Å². The van der Waals surface area contributed by atoms with E-state index in [2.05, 4.69) is 40.5 Å². The summed E-state index contributed by atoms with van der Waals surface area (Å²) in [5, 5.41) is 9.72. The summed E-state index contributed by atoms with van der Waals surface area (Å²) in [4.78, 5) is 41.7. The number of benzene rings is 1. The van der Waals surface area contributed by atoms with Crippen LogP contribution in [0.15, 0.2) is 30.3 Å². The van der Waals surface area contributed by atoms with Gasteiger partial charge in [0.1, 0.15) is 5.69 Å². The Bertz CT molecular complexity index is 982. The number of carbonyl (C=O) groups excluding carboxylic acids is 3. The van der Waals surface area contributed by atoms with Crippen LogP contribution in [0.5, 0.6) is 0 Å². The molecule has 1 aromatic heterocycles. The first-order valence-corrected chi connectivity index (χ1v) is 11.6. The molecule has 3 amide bonds. The first-order valence-electron chi connectivity index (χ1n) is 11.6. The summed E-state index contributed by atoms with van der Waals surface area (Å²) in [5.74, 6) is -0.862. The molecule has 0 spiro atoms. The van der Waals surface area contributed by atoms with Crippen LogP contribution in [0.3, 0.4) is 0 Å². The van der Waals surface area contributed by atoms with Gasteiger partial charge in [0, 0.05) is 38.8 Å². The summed E-state index contributed by atoms with van der Waals surface area (Å²) < 4.78 is 1.59. The molecule has 0 saturated heterocycles. The Balaban J connectivity index is 1.56. The fourth-order valence-corrected chi connectivity index (χ4v) is 3.93. The van der Waals surface area contributed by atoms with Gasteiger partial charge < -0.3 is 20.4 Å². The van der Waals surface area contributed by atoms with Crippen molar-refractivity contribution in [2.45, 2.75) is 40.3 Å². The number of carbonyl (C=O) groups is 3. The molecule has 1 aliphatic rings. The lowest BCUT2D eigenvalue weighted by Gasteiger charge is -2.20. The van der Waals surface area contributed by atoms with Crippen LogP contribution in [0.4, 0.5) is 0 Å². The molecule has 0 aliphatic carbocycles. The third kappa shape index (κ3) is 6.64. The normalized spacial score (nSPS) is 13.6. The molecule has 2 N–H and O–H groups in total. The van der Waals surface area contributed by atoms with E-state index in [0.717, 1.165) is 37.2 Å². The van der Waals surface area contributed by atoms with E-state index in [0.29, 0.717) is 31.9 Å². The van der Waals surface area contributed by atoms with E-state index in [1.54, 1.807) is 9.58 Å². The second-order valence-corrected chi connectivity index (χ2v) is 8.27. The van der Waals surface area contributed by atoms with Gasteiger partial charge in [-0.3, -0.25) is 19.1 Å². The van der Waals surface area contributed by atoms with Gasteiger partial charge in [-0.1, -0.05) is 43.7 Å². The number of hydrogen-bond acceptors (Lipinski definition) is 5. The summed E-state index contributed by atoms with van der Waals surface area (Å²) in [7, 11) is 0. The van der Waals surface area contributed by atoms with Crippen LogP contribution in [-0.2, 0) is 17.9 Å². The highest BCUT2D eigenvalue weighted by Gasteiger charge is 2.26. The van der Waals surface area contributed by atoms with Crippen molar-refractivity contribution in [2.24, 2.45) is 0 Å². The number of nitrogens with zero attached hydrogens (tertiary/aromatic N) is 4. The van der Waals surface area contributed by atoms with Crippen LogP contribution >= 0.6 is 0 Å². The van der Waals surface area contributed by atoms with Crippen molar-refractivity contribution in [3.05, 3.63) is 52.8 Å². The second kappa shape index (κ2) is 11.6. The molecule has 178 valence electrons. The molecular formula is C24H34N6O3. The summed E-state index contributed by atoms with van der Waals surface area (Å²) in [5.41, 5.74) is 2.76. The van der Waals surface area contributed by atoms with Crippen LogP contribution in [0.2, 0.25) is 0 Å². The highest BCUT2D eigenvalue weighted by Crippen LogP contribution is 2.17. The minimum Gasteiger partial charge on any atom is -0.353 e. The zero-order chi connectivity index (χ0) is 23.8. The van der Waals surface area contributed by atoms with Gasteiger partial charge in [0.15, 0.2) is 5.69 Å². The summed E-state index contributed by atoms with van der Waals surface area (Å²) in [6.07, 6.45) is 0.752. The third-order valence-corrected chi connectivity index (χ3v) is 5.83.